The van der Waals surface area contributed by atoms with Crippen molar-refractivity contribution in [3.63, 3.8) is 0 Å². The van der Waals surface area contributed by atoms with Gasteiger partial charge in [-0.2, -0.15) is 0 Å². The van der Waals surface area contributed by atoms with Crippen molar-refractivity contribution < 1.29 is 9.47 Å². The molecule has 0 heterocycles. The van der Waals surface area contributed by atoms with Crippen molar-refractivity contribution in [1.82, 2.24) is 5.32 Å². The van der Waals surface area contributed by atoms with Crippen LogP contribution >= 0.6 is 0 Å². The predicted octanol–water partition coefficient (Wildman–Crippen LogP) is 3.55. The molecule has 0 saturated heterocycles. The summed E-state index contributed by atoms with van der Waals surface area (Å²) in [6.45, 7) is 12.9. The van der Waals surface area contributed by atoms with E-state index in [1.165, 1.54) is 5.56 Å². The first-order valence-electron chi connectivity index (χ1n) is 7.25. The van der Waals surface area contributed by atoms with Crippen LogP contribution in [0.25, 0.3) is 0 Å². The third kappa shape index (κ3) is 7.97. The van der Waals surface area contributed by atoms with E-state index in [0.29, 0.717) is 19.3 Å². The van der Waals surface area contributed by atoms with Gasteiger partial charge in [0.2, 0.25) is 0 Å². The van der Waals surface area contributed by atoms with Crippen molar-refractivity contribution in [2.24, 2.45) is 0 Å². The minimum Gasteiger partial charge on any atom is -0.491 e. The van der Waals surface area contributed by atoms with E-state index >= 15 is 0 Å². The summed E-state index contributed by atoms with van der Waals surface area (Å²) >= 11 is 0. The van der Waals surface area contributed by atoms with Gasteiger partial charge in [0.05, 0.1) is 13.2 Å². The Labute approximate surface area is 123 Å². The van der Waals surface area contributed by atoms with Crippen molar-refractivity contribution in [1.29, 1.82) is 0 Å². The van der Waals surface area contributed by atoms with E-state index in [2.05, 4.69) is 37.9 Å². The molecule has 0 unspecified atom stereocenters. The SMILES string of the molecule is C=C(C)CCOCCOc1ccc(CNC(C)C)cc1. The molecule has 0 saturated carbocycles. The Morgan fingerprint density at radius 3 is 2.45 bits per heavy atom. The summed E-state index contributed by atoms with van der Waals surface area (Å²) in [5.74, 6) is 0.891. The summed E-state index contributed by atoms with van der Waals surface area (Å²) in [6.07, 6.45) is 0.914. The fourth-order valence-corrected chi connectivity index (χ4v) is 1.59. The van der Waals surface area contributed by atoms with E-state index in [-0.39, 0.29) is 0 Å². The molecule has 20 heavy (non-hydrogen) atoms. The van der Waals surface area contributed by atoms with Gasteiger partial charge in [-0.15, -0.1) is 6.58 Å². The lowest BCUT2D eigenvalue weighted by molar-refractivity contribution is 0.102. The summed E-state index contributed by atoms with van der Waals surface area (Å²) in [4.78, 5) is 0. The fraction of sp³-hybridized carbons (Fsp3) is 0.529. The van der Waals surface area contributed by atoms with Crippen molar-refractivity contribution in [3.8, 4) is 5.75 Å². The third-order valence-corrected chi connectivity index (χ3v) is 2.81. The topological polar surface area (TPSA) is 30.5 Å². The molecule has 1 aromatic carbocycles. The van der Waals surface area contributed by atoms with Gasteiger partial charge >= 0.3 is 0 Å². The van der Waals surface area contributed by atoms with Crippen LogP contribution in [0.5, 0.6) is 5.75 Å². The van der Waals surface area contributed by atoms with Crippen LogP contribution in [0.4, 0.5) is 0 Å². The van der Waals surface area contributed by atoms with Gasteiger partial charge in [0.15, 0.2) is 0 Å². The van der Waals surface area contributed by atoms with Crippen LogP contribution in [0.2, 0.25) is 0 Å². The van der Waals surface area contributed by atoms with Crippen molar-refractivity contribution in [2.75, 3.05) is 19.8 Å². The first-order chi connectivity index (χ1) is 9.58. The summed E-state index contributed by atoms with van der Waals surface area (Å²) in [5.41, 5.74) is 2.42. The molecule has 0 aliphatic heterocycles. The third-order valence-electron chi connectivity index (χ3n) is 2.81. The fourth-order valence-electron chi connectivity index (χ4n) is 1.59. The maximum absolute atomic E-state index is 5.63. The minimum atomic E-state index is 0.502. The smallest absolute Gasteiger partial charge is 0.119 e. The highest BCUT2D eigenvalue weighted by Gasteiger charge is 1.97. The second-order valence-electron chi connectivity index (χ2n) is 5.35. The Balaban J connectivity index is 2.16. The maximum atomic E-state index is 5.63. The zero-order valence-electron chi connectivity index (χ0n) is 12.9. The van der Waals surface area contributed by atoms with Crippen LogP contribution < -0.4 is 10.1 Å². The molecule has 0 radical (unpaired) electrons. The van der Waals surface area contributed by atoms with Crippen molar-refractivity contribution in [3.05, 3.63) is 42.0 Å². The van der Waals surface area contributed by atoms with Crippen molar-refractivity contribution in [2.45, 2.75) is 39.8 Å². The molecular weight excluding hydrogens is 250 g/mol. The Morgan fingerprint density at radius 1 is 1.15 bits per heavy atom. The molecule has 0 atom stereocenters. The van der Waals surface area contributed by atoms with Gasteiger partial charge in [-0.3, -0.25) is 0 Å². The van der Waals surface area contributed by atoms with Gasteiger partial charge in [-0.05, 0) is 31.0 Å². The number of hydrogen-bond acceptors (Lipinski definition) is 3. The lowest BCUT2D eigenvalue weighted by Crippen LogP contribution is -2.21. The number of rotatable bonds is 10. The van der Waals surface area contributed by atoms with Gasteiger partial charge in [0.1, 0.15) is 12.4 Å². The minimum absolute atomic E-state index is 0.502. The number of hydrogen-bond donors (Lipinski definition) is 1. The molecule has 0 spiro atoms. The van der Waals surface area contributed by atoms with Gasteiger partial charge in [0.25, 0.3) is 0 Å². The van der Waals surface area contributed by atoms with Crippen molar-refractivity contribution >= 4 is 0 Å². The lowest BCUT2D eigenvalue weighted by atomic mass is 10.2. The van der Waals surface area contributed by atoms with Crippen LogP contribution in [0.15, 0.2) is 36.4 Å². The number of nitrogens with one attached hydrogen (secondary N) is 1. The van der Waals surface area contributed by atoms with E-state index in [1.54, 1.807) is 0 Å². The molecule has 1 N–H and O–H groups in total. The second kappa shape index (κ2) is 9.56. The van der Waals surface area contributed by atoms with Gasteiger partial charge in [0, 0.05) is 12.6 Å². The summed E-state index contributed by atoms with van der Waals surface area (Å²) < 4.78 is 11.1. The van der Waals surface area contributed by atoms with E-state index in [0.717, 1.165) is 30.9 Å². The quantitative estimate of drug-likeness (QED) is 0.524. The first kappa shape index (κ1) is 16.7. The Hall–Kier alpha value is -1.32. The highest BCUT2D eigenvalue weighted by atomic mass is 16.5. The average molecular weight is 277 g/mol. The Bertz CT molecular complexity index is 384. The van der Waals surface area contributed by atoms with E-state index < -0.39 is 0 Å². The molecule has 0 aromatic heterocycles. The first-order valence-corrected chi connectivity index (χ1v) is 7.25. The molecule has 0 aliphatic carbocycles. The summed E-state index contributed by atoms with van der Waals surface area (Å²) in [5, 5.41) is 3.39. The lowest BCUT2D eigenvalue weighted by Gasteiger charge is -2.10. The predicted molar refractivity (Wildman–Crippen MR) is 84.2 cm³/mol. The van der Waals surface area contributed by atoms with Gasteiger partial charge in [-0.25, -0.2) is 0 Å². The van der Waals surface area contributed by atoms with Crippen LogP contribution in [0, 0.1) is 0 Å². The zero-order valence-corrected chi connectivity index (χ0v) is 12.9. The van der Waals surface area contributed by atoms with Gasteiger partial charge in [-0.1, -0.05) is 31.6 Å². The normalized spacial score (nSPS) is 10.8. The van der Waals surface area contributed by atoms with Crippen LogP contribution in [-0.2, 0) is 11.3 Å². The molecule has 0 bridgehead atoms. The molecule has 3 nitrogen and oxygen atoms in total. The highest BCUT2D eigenvalue weighted by molar-refractivity contribution is 5.27. The molecule has 0 amide bonds. The van der Waals surface area contributed by atoms with Crippen LogP contribution in [0.1, 0.15) is 32.8 Å². The molecule has 112 valence electrons. The molecule has 0 fully saturated rings. The highest BCUT2D eigenvalue weighted by Crippen LogP contribution is 2.12. The largest absolute Gasteiger partial charge is 0.491 e. The van der Waals surface area contributed by atoms with E-state index in [1.807, 2.05) is 19.1 Å². The molecular formula is C17H27NO2. The standard InChI is InChI=1S/C17H27NO2/c1-14(2)9-10-19-11-12-20-17-7-5-16(6-8-17)13-18-15(3)4/h5-8,15,18H,1,9-13H2,2-4H3. The zero-order chi connectivity index (χ0) is 14.8. The van der Waals surface area contributed by atoms with Crippen LogP contribution in [-0.4, -0.2) is 25.9 Å². The van der Waals surface area contributed by atoms with Gasteiger partial charge < -0.3 is 14.8 Å². The second-order valence-corrected chi connectivity index (χ2v) is 5.35. The Morgan fingerprint density at radius 2 is 1.85 bits per heavy atom. The molecule has 1 rings (SSSR count). The maximum Gasteiger partial charge on any atom is 0.119 e. The number of benzene rings is 1. The monoisotopic (exact) mass is 277 g/mol. The molecule has 3 heteroatoms. The van der Waals surface area contributed by atoms with E-state index in [4.69, 9.17) is 9.47 Å². The van der Waals surface area contributed by atoms with E-state index in [9.17, 15) is 0 Å². The summed E-state index contributed by atoms with van der Waals surface area (Å²) in [6, 6.07) is 8.69. The molecule has 1 aromatic rings. The Kier molecular flexibility index (Phi) is 8.00. The molecule has 0 aliphatic rings. The number of ether oxygens (including phenoxy) is 2. The average Bonchev–Trinajstić information content (AvgIpc) is 2.41. The van der Waals surface area contributed by atoms with Crippen LogP contribution in [0.3, 0.4) is 0 Å². The summed E-state index contributed by atoms with van der Waals surface area (Å²) in [7, 11) is 0.